The van der Waals surface area contributed by atoms with Gasteiger partial charge in [-0.25, -0.2) is 9.98 Å². The van der Waals surface area contributed by atoms with E-state index in [2.05, 4.69) is 86.6 Å². The van der Waals surface area contributed by atoms with Crippen LogP contribution in [0.4, 0.5) is 5.69 Å². The summed E-state index contributed by atoms with van der Waals surface area (Å²) < 4.78 is 2.17. The molecule has 2 heterocycles. The fraction of sp³-hybridized carbons (Fsp3) is 0.360. The topological polar surface area (TPSA) is 57.5 Å². The Morgan fingerprint density at radius 3 is 2.59 bits per heavy atom. The van der Waals surface area contributed by atoms with Crippen LogP contribution in [0.5, 0.6) is 0 Å². The third-order valence-electron chi connectivity index (χ3n) is 5.60. The SMILES string of the molecule is CCNC(=NCc1nccn1Cc1ccccc1)NC1CCCN(c2ccccc2)C1.I. The number of anilines is 1. The minimum absolute atomic E-state index is 0. The number of nitrogens with zero attached hydrogens (tertiary/aromatic N) is 4. The van der Waals surface area contributed by atoms with Gasteiger partial charge in [-0.05, 0) is 37.5 Å². The lowest BCUT2D eigenvalue weighted by molar-refractivity contribution is 0.468. The van der Waals surface area contributed by atoms with E-state index in [9.17, 15) is 0 Å². The van der Waals surface area contributed by atoms with Gasteiger partial charge in [0, 0.05) is 50.3 Å². The number of para-hydroxylation sites is 1. The standard InChI is InChI=1S/C25H32N6.HI/c1-2-26-25(29-22-12-9-16-30(20-22)23-13-7-4-8-14-23)28-18-24-27-15-17-31(24)19-21-10-5-3-6-11-21;/h3-8,10-11,13-15,17,22H,2,9,12,16,18-20H2,1H3,(H2,26,28,29);1H. The Morgan fingerprint density at radius 2 is 1.84 bits per heavy atom. The number of piperidine rings is 1. The van der Waals surface area contributed by atoms with E-state index < -0.39 is 0 Å². The zero-order valence-electron chi connectivity index (χ0n) is 18.7. The number of aliphatic imine (C=N–C) groups is 1. The fourth-order valence-electron chi connectivity index (χ4n) is 4.05. The van der Waals surface area contributed by atoms with Gasteiger partial charge < -0.3 is 20.1 Å². The second-order valence-corrected chi connectivity index (χ2v) is 7.92. The minimum atomic E-state index is 0. The van der Waals surface area contributed by atoms with Crippen LogP contribution in [0.25, 0.3) is 0 Å². The van der Waals surface area contributed by atoms with Gasteiger partial charge in [0.2, 0.25) is 0 Å². The number of aromatic nitrogens is 2. The molecule has 32 heavy (non-hydrogen) atoms. The molecule has 2 N–H and O–H groups in total. The molecule has 0 bridgehead atoms. The smallest absolute Gasteiger partial charge is 0.191 e. The Kier molecular flexibility index (Phi) is 9.40. The highest BCUT2D eigenvalue weighted by molar-refractivity contribution is 14.0. The lowest BCUT2D eigenvalue weighted by Crippen LogP contribution is -2.51. The van der Waals surface area contributed by atoms with Crippen molar-refractivity contribution in [2.75, 3.05) is 24.5 Å². The molecule has 3 aromatic rings. The zero-order valence-corrected chi connectivity index (χ0v) is 21.0. The Hall–Kier alpha value is -2.55. The van der Waals surface area contributed by atoms with Crippen LogP contribution in [-0.2, 0) is 13.1 Å². The van der Waals surface area contributed by atoms with Crippen molar-refractivity contribution in [3.8, 4) is 0 Å². The van der Waals surface area contributed by atoms with E-state index in [1.54, 1.807) is 0 Å². The highest BCUT2D eigenvalue weighted by atomic mass is 127. The van der Waals surface area contributed by atoms with Crippen LogP contribution in [0, 0.1) is 0 Å². The quantitative estimate of drug-likeness (QED) is 0.265. The molecule has 0 amide bonds. The zero-order chi connectivity index (χ0) is 21.3. The van der Waals surface area contributed by atoms with Crippen molar-refractivity contribution in [2.45, 2.75) is 38.9 Å². The van der Waals surface area contributed by atoms with E-state index in [1.165, 1.54) is 17.7 Å². The lowest BCUT2D eigenvalue weighted by Gasteiger charge is -2.35. The first-order chi connectivity index (χ1) is 15.3. The monoisotopic (exact) mass is 544 g/mol. The first-order valence-electron chi connectivity index (χ1n) is 11.2. The molecule has 0 aliphatic carbocycles. The average molecular weight is 544 g/mol. The molecular formula is C25H33IN6. The third-order valence-corrected chi connectivity index (χ3v) is 5.60. The third kappa shape index (κ3) is 6.72. The lowest BCUT2D eigenvalue weighted by atomic mass is 10.1. The Morgan fingerprint density at radius 1 is 1.09 bits per heavy atom. The number of benzene rings is 2. The summed E-state index contributed by atoms with van der Waals surface area (Å²) in [6.45, 7) is 6.38. The van der Waals surface area contributed by atoms with Gasteiger partial charge in [0.25, 0.3) is 0 Å². The average Bonchev–Trinajstić information content (AvgIpc) is 3.26. The minimum Gasteiger partial charge on any atom is -0.369 e. The number of hydrogen-bond acceptors (Lipinski definition) is 3. The largest absolute Gasteiger partial charge is 0.369 e. The number of halogens is 1. The van der Waals surface area contributed by atoms with E-state index in [0.717, 1.165) is 44.4 Å². The molecule has 170 valence electrons. The predicted molar refractivity (Wildman–Crippen MR) is 143 cm³/mol. The molecule has 0 spiro atoms. The van der Waals surface area contributed by atoms with E-state index in [-0.39, 0.29) is 24.0 Å². The second kappa shape index (κ2) is 12.5. The predicted octanol–water partition coefficient (Wildman–Crippen LogP) is 4.27. The fourth-order valence-corrected chi connectivity index (χ4v) is 4.05. The Bertz CT molecular complexity index is 957. The maximum absolute atomic E-state index is 4.84. The van der Waals surface area contributed by atoms with Crippen molar-refractivity contribution in [1.82, 2.24) is 20.2 Å². The van der Waals surface area contributed by atoms with E-state index >= 15 is 0 Å². The summed E-state index contributed by atoms with van der Waals surface area (Å²) >= 11 is 0. The van der Waals surface area contributed by atoms with Gasteiger partial charge in [0.1, 0.15) is 12.4 Å². The molecule has 1 unspecified atom stereocenters. The van der Waals surface area contributed by atoms with Crippen LogP contribution < -0.4 is 15.5 Å². The van der Waals surface area contributed by atoms with Crippen LogP contribution in [0.15, 0.2) is 78.0 Å². The van der Waals surface area contributed by atoms with Gasteiger partial charge >= 0.3 is 0 Å². The summed E-state index contributed by atoms with van der Waals surface area (Å²) in [6.07, 6.45) is 6.20. The molecule has 2 aromatic carbocycles. The highest BCUT2D eigenvalue weighted by Gasteiger charge is 2.21. The van der Waals surface area contributed by atoms with Crippen LogP contribution in [0.2, 0.25) is 0 Å². The maximum atomic E-state index is 4.84. The first-order valence-corrected chi connectivity index (χ1v) is 11.2. The van der Waals surface area contributed by atoms with Gasteiger partial charge in [-0.1, -0.05) is 48.5 Å². The summed E-state index contributed by atoms with van der Waals surface area (Å²) in [7, 11) is 0. The molecule has 1 aliphatic heterocycles. The number of hydrogen-bond donors (Lipinski definition) is 2. The van der Waals surface area contributed by atoms with Crippen LogP contribution in [0.1, 0.15) is 31.2 Å². The number of nitrogens with one attached hydrogen (secondary N) is 2. The van der Waals surface area contributed by atoms with Gasteiger partial charge in [-0.3, -0.25) is 0 Å². The van der Waals surface area contributed by atoms with Crippen LogP contribution in [-0.4, -0.2) is 41.2 Å². The Balaban J connectivity index is 0.00000289. The van der Waals surface area contributed by atoms with Crippen molar-refractivity contribution in [3.05, 3.63) is 84.4 Å². The molecular weight excluding hydrogens is 511 g/mol. The van der Waals surface area contributed by atoms with Gasteiger partial charge in [0.05, 0.1) is 0 Å². The summed E-state index contributed by atoms with van der Waals surface area (Å²) in [5.74, 6) is 1.83. The number of guanidine groups is 1. The summed E-state index contributed by atoms with van der Waals surface area (Å²) in [6, 6.07) is 21.5. The first kappa shape index (κ1) is 24.1. The van der Waals surface area contributed by atoms with E-state index in [0.29, 0.717) is 12.6 Å². The molecule has 1 fully saturated rings. The number of imidazole rings is 1. The van der Waals surface area contributed by atoms with Crippen LogP contribution in [0.3, 0.4) is 0 Å². The van der Waals surface area contributed by atoms with Crippen molar-refractivity contribution in [3.63, 3.8) is 0 Å². The molecule has 1 aromatic heterocycles. The van der Waals surface area contributed by atoms with E-state index in [1.807, 2.05) is 18.5 Å². The van der Waals surface area contributed by atoms with Crippen molar-refractivity contribution in [1.29, 1.82) is 0 Å². The van der Waals surface area contributed by atoms with Crippen molar-refractivity contribution >= 4 is 35.6 Å². The summed E-state index contributed by atoms with van der Waals surface area (Å²) in [5, 5.41) is 7.05. The normalized spacial score (nSPS) is 16.3. The van der Waals surface area contributed by atoms with E-state index in [4.69, 9.17) is 4.99 Å². The highest BCUT2D eigenvalue weighted by Crippen LogP contribution is 2.19. The summed E-state index contributed by atoms with van der Waals surface area (Å²) in [4.78, 5) is 11.8. The molecule has 1 atom stereocenters. The molecule has 1 saturated heterocycles. The van der Waals surface area contributed by atoms with Gasteiger partial charge in [-0.2, -0.15) is 0 Å². The second-order valence-electron chi connectivity index (χ2n) is 7.92. The maximum Gasteiger partial charge on any atom is 0.191 e. The summed E-state index contributed by atoms with van der Waals surface area (Å²) in [5.41, 5.74) is 2.55. The molecule has 6 nitrogen and oxygen atoms in total. The molecule has 1 aliphatic rings. The molecule has 7 heteroatoms. The van der Waals surface area contributed by atoms with Gasteiger partial charge in [0.15, 0.2) is 5.96 Å². The van der Waals surface area contributed by atoms with Crippen LogP contribution >= 0.6 is 24.0 Å². The molecule has 0 saturated carbocycles. The van der Waals surface area contributed by atoms with Crippen molar-refractivity contribution in [2.24, 2.45) is 4.99 Å². The Labute approximate surface area is 208 Å². The number of rotatable bonds is 7. The molecule has 4 rings (SSSR count). The van der Waals surface area contributed by atoms with Gasteiger partial charge in [-0.15, -0.1) is 24.0 Å². The molecule has 0 radical (unpaired) electrons. The van der Waals surface area contributed by atoms with Crippen molar-refractivity contribution < 1.29 is 0 Å².